The summed E-state index contributed by atoms with van der Waals surface area (Å²) in [6.45, 7) is 3.37. The number of halogens is 2. The normalized spacial score (nSPS) is 22.4. The molecule has 1 saturated heterocycles. The number of nitrogens with zero attached hydrogens (tertiary/aromatic N) is 3. The second kappa shape index (κ2) is 14.6. The molecule has 6 atom stereocenters. The van der Waals surface area contributed by atoms with Crippen molar-refractivity contribution in [3.63, 3.8) is 0 Å². The first-order chi connectivity index (χ1) is 22.6. The van der Waals surface area contributed by atoms with Gasteiger partial charge in [-0.05, 0) is 44.2 Å². The van der Waals surface area contributed by atoms with Gasteiger partial charge in [0, 0.05) is 12.6 Å². The summed E-state index contributed by atoms with van der Waals surface area (Å²) in [6, 6.07) is 9.91. The van der Waals surface area contributed by atoms with Crippen molar-refractivity contribution in [2.75, 3.05) is 11.9 Å². The van der Waals surface area contributed by atoms with Crippen LogP contribution in [0.4, 0.5) is 19.3 Å². The molecule has 3 amide bonds. The van der Waals surface area contributed by atoms with Crippen LogP contribution in [0.15, 0.2) is 54.7 Å². The summed E-state index contributed by atoms with van der Waals surface area (Å²) in [5.41, 5.74) is -1.00. The SMILES string of the molecule is CC(=O)N[C@H]1[C@H]([C@H](O)[C@H](O)CO)O[C@@](Oc2ccc(-n3cc(C(C)(C)NC(=O)Nc4ccccc4)nn3)cc2C(F)F)(C(=O)O)C[C@@H]1O. The van der Waals surface area contributed by atoms with E-state index in [0.717, 1.165) is 23.7 Å². The predicted octanol–water partition coefficient (Wildman–Crippen LogP) is 0.790. The van der Waals surface area contributed by atoms with Gasteiger partial charge < -0.3 is 51.0 Å². The van der Waals surface area contributed by atoms with Crippen LogP contribution in [0, 0.1) is 0 Å². The number of urea groups is 1. The molecular weight excluding hydrogens is 642 g/mol. The highest BCUT2D eigenvalue weighted by Crippen LogP contribution is 2.39. The van der Waals surface area contributed by atoms with E-state index in [1.54, 1.807) is 44.2 Å². The number of nitrogens with one attached hydrogen (secondary N) is 3. The number of carbonyl (C=O) groups excluding carboxylic acids is 2. The van der Waals surface area contributed by atoms with Gasteiger partial charge in [-0.15, -0.1) is 5.10 Å². The third-order valence-electron chi connectivity index (χ3n) is 7.55. The number of amides is 3. The maximum atomic E-state index is 14.4. The van der Waals surface area contributed by atoms with E-state index >= 15 is 0 Å². The molecule has 0 spiro atoms. The Morgan fingerprint density at radius 1 is 1.17 bits per heavy atom. The quantitative estimate of drug-likeness (QED) is 0.133. The maximum absolute atomic E-state index is 14.4. The van der Waals surface area contributed by atoms with E-state index in [1.807, 2.05) is 0 Å². The fourth-order valence-corrected chi connectivity index (χ4v) is 5.06. The Kier molecular flexibility index (Phi) is 11.0. The molecule has 1 aliphatic heterocycles. The zero-order valence-corrected chi connectivity index (χ0v) is 25.9. The van der Waals surface area contributed by atoms with Gasteiger partial charge in [0.25, 0.3) is 6.43 Å². The number of rotatable bonds is 12. The summed E-state index contributed by atoms with van der Waals surface area (Å²) in [5.74, 6) is -6.15. The first-order valence-corrected chi connectivity index (χ1v) is 14.6. The number of aliphatic carboxylic acids is 1. The molecule has 0 bridgehead atoms. The monoisotopic (exact) mass is 678 g/mol. The second-order valence-electron chi connectivity index (χ2n) is 11.6. The van der Waals surface area contributed by atoms with Gasteiger partial charge in [-0.1, -0.05) is 23.4 Å². The van der Waals surface area contributed by atoms with E-state index < -0.39 is 90.5 Å². The van der Waals surface area contributed by atoms with Crippen LogP contribution in [0.2, 0.25) is 0 Å². The number of hydrogen-bond donors (Lipinski definition) is 8. The average molecular weight is 679 g/mol. The number of aliphatic hydroxyl groups excluding tert-OH is 4. The van der Waals surface area contributed by atoms with Gasteiger partial charge in [0.05, 0.1) is 48.2 Å². The highest BCUT2D eigenvalue weighted by atomic mass is 19.3. The number of hydrogen-bond acceptors (Lipinski definition) is 11. The number of carbonyl (C=O) groups is 3. The molecular formula is C30H36F2N6O10. The van der Waals surface area contributed by atoms with Gasteiger partial charge in [0.15, 0.2) is 0 Å². The Morgan fingerprint density at radius 2 is 1.85 bits per heavy atom. The Morgan fingerprint density at radius 3 is 2.46 bits per heavy atom. The number of para-hydroxylation sites is 1. The molecule has 48 heavy (non-hydrogen) atoms. The smallest absolute Gasteiger partial charge is 0.377 e. The summed E-state index contributed by atoms with van der Waals surface area (Å²) in [4.78, 5) is 36.8. The molecule has 1 aliphatic rings. The minimum absolute atomic E-state index is 0.0556. The van der Waals surface area contributed by atoms with Gasteiger partial charge in [-0.3, -0.25) is 4.79 Å². The van der Waals surface area contributed by atoms with Crippen LogP contribution in [0.5, 0.6) is 5.75 Å². The van der Waals surface area contributed by atoms with Crippen molar-refractivity contribution in [3.05, 3.63) is 66.0 Å². The fraction of sp³-hybridized carbons (Fsp3) is 0.433. The van der Waals surface area contributed by atoms with Crippen LogP contribution in [0.25, 0.3) is 5.69 Å². The van der Waals surface area contributed by atoms with E-state index in [4.69, 9.17) is 9.47 Å². The van der Waals surface area contributed by atoms with Crippen LogP contribution < -0.4 is 20.7 Å². The molecule has 0 unspecified atom stereocenters. The van der Waals surface area contributed by atoms with Gasteiger partial charge in [-0.2, -0.15) is 0 Å². The minimum atomic E-state index is -3.23. The van der Waals surface area contributed by atoms with Crippen LogP contribution in [-0.4, -0.2) is 101 Å². The number of benzene rings is 2. The van der Waals surface area contributed by atoms with E-state index in [2.05, 4.69) is 26.3 Å². The Balaban J connectivity index is 1.61. The van der Waals surface area contributed by atoms with Crippen molar-refractivity contribution in [1.29, 1.82) is 0 Å². The summed E-state index contributed by atoms with van der Waals surface area (Å²) >= 11 is 0. The molecule has 260 valence electrons. The third-order valence-corrected chi connectivity index (χ3v) is 7.55. The van der Waals surface area contributed by atoms with E-state index in [9.17, 15) is 48.7 Å². The van der Waals surface area contributed by atoms with E-state index in [0.29, 0.717) is 5.69 Å². The number of ether oxygens (including phenoxy) is 2. The number of aliphatic hydroxyl groups is 4. The van der Waals surface area contributed by atoms with Crippen molar-refractivity contribution in [3.8, 4) is 11.4 Å². The molecule has 2 heterocycles. The Labute approximate surface area is 272 Å². The van der Waals surface area contributed by atoms with Gasteiger partial charge >= 0.3 is 17.8 Å². The van der Waals surface area contributed by atoms with Crippen LogP contribution in [0.3, 0.4) is 0 Å². The number of carboxylic acid groups (broad SMARTS) is 1. The molecule has 1 fully saturated rings. The molecule has 16 nitrogen and oxygen atoms in total. The second-order valence-corrected chi connectivity index (χ2v) is 11.6. The van der Waals surface area contributed by atoms with Crippen molar-refractivity contribution in [1.82, 2.24) is 25.6 Å². The Hall–Kier alpha value is -4.75. The lowest BCUT2D eigenvalue weighted by atomic mass is 9.88. The lowest BCUT2D eigenvalue weighted by Gasteiger charge is -2.46. The third kappa shape index (κ3) is 8.03. The minimum Gasteiger partial charge on any atom is -0.476 e. The lowest BCUT2D eigenvalue weighted by Crippen LogP contribution is -2.68. The van der Waals surface area contributed by atoms with Gasteiger partial charge in [0.2, 0.25) is 5.91 Å². The zero-order valence-electron chi connectivity index (χ0n) is 25.9. The maximum Gasteiger partial charge on any atom is 0.377 e. The zero-order chi connectivity index (χ0) is 35.4. The molecule has 0 aliphatic carbocycles. The predicted molar refractivity (Wildman–Crippen MR) is 161 cm³/mol. The van der Waals surface area contributed by atoms with Crippen molar-refractivity contribution in [2.24, 2.45) is 0 Å². The van der Waals surface area contributed by atoms with Crippen molar-refractivity contribution >= 4 is 23.6 Å². The van der Waals surface area contributed by atoms with Crippen LogP contribution >= 0.6 is 0 Å². The van der Waals surface area contributed by atoms with E-state index in [1.165, 1.54) is 12.3 Å². The summed E-state index contributed by atoms with van der Waals surface area (Å²) < 4.78 is 41.0. The molecule has 18 heteroatoms. The van der Waals surface area contributed by atoms with Crippen LogP contribution in [-0.2, 0) is 19.9 Å². The summed E-state index contributed by atoms with van der Waals surface area (Å²) in [7, 11) is 0. The average Bonchev–Trinajstić information content (AvgIpc) is 3.53. The van der Waals surface area contributed by atoms with Crippen molar-refractivity contribution in [2.45, 2.75) is 75.4 Å². The molecule has 0 radical (unpaired) electrons. The number of anilines is 1. The molecule has 2 aromatic carbocycles. The lowest BCUT2D eigenvalue weighted by molar-refractivity contribution is -0.284. The van der Waals surface area contributed by atoms with Crippen molar-refractivity contribution < 1.29 is 58.2 Å². The standard InChI is InChI=1S/C30H36F2N6O10/c1-15(40)33-23-19(41)12-30(27(44)45,48-25(23)24(43)20(42)14-39)47-21-10-9-17(11-18(21)26(31)32)38-13-22(36-37-38)29(2,3)35-28(46)34-16-7-5-4-6-8-16/h4-11,13,19-20,23-26,39,41-43H,12,14H2,1-3H3,(H,33,40)(H,44,45)(H2,34,35,46)/t19-,20+,23+,24+,25+,30+/m0/s1. The highest BCUT2D eigenvalue weighted by Gasteiger charge is 2.57. The molecule has 8 N–H and O–H groups in total. The Bertz CT molecular complexity index is 1610. The molecule has 0 saturated carbocycles. The highest BCUT2D eigenvalue weighted by molar-refractivity contribution is 5.89. The van der Waals surface area contributed by atoms with E-state index in [-0.39, 0.29) is 11.4 Å². The van der Waals surface area contributed by atoms with Gasteiger partial charge in [-0.25, -0.2) is 23.1 Å². The van der Waals surface area contributed by atoms with Gasteiger partial charge in [0.1, 0.15) is 29.8 Å². The fourth-order valence-electron chi connectivity index (χ4n) is 5.06. The first kappa shape index (κ1) is 36.1. The number of alkyl halides is 2. The summed E-state index contributed by atoms with van der Waals surface area (Å²) in [6.07, 6.45) is -10.3. The molecule has 3 aromatic rings. The first-order valence-electron chi connectivity index (χ1n) is 14.6. The largest absolute Gasteiger partial charge is 0.476 e. The van der Waals surface area contributed by atoms with Crippen LogP contribution in [0.1, 0.15) is 44.9 Å². The molecule has 1 aromatic heterocycles. The summed E-state index contributed by atoms with van der Waals surface area (Å²) in [5, 5.41) is 66.7. The topological polar surface area (TPSA) is 238 Å². The number of aromatic nitrogens is 3. The molecule has 4 rings (SSSR count). The number of carboxylic acids is 1.